The smallest absolute Gasteiger partial charge is 0.329 e. The topological polar surface area (TPSA) is 97.4 Å². The fraction of sp³-hybridized carbons (Fsp3) is 0.467. The molecule has 0 aliphatic heterocycles. The molecular weight excluding hydrogens is 617 g/mol. The summed E-state index contributed by atoms with van der Waals surface area (Å²) in [5, 5.41) is 6.58. The van der Waals surface area contributed by atoms with Crippen LogP contribution in [0, 0.1) is 5.41 Å². The Morgan fingerprint density at radius 3 is 2.27 bits per heavy atom. The van der Waals surface area contributed by atoms with Gasteiger partial charge in [0.05, 0.1) is 25.5 Å². The first kappa shape index (κ1) is 29.1. The number of anilines is 1. The minimum absolute atomic E-state index is 0.0703. The third-order valence-corrected chi connectivity index (χ3v) is 9.54. The summed E-state index contributed by atoms with van der Waals surface area (Å²) in [6.07, 6.45) is 12.8. The lowest BCUT2D eigenvalue weighted by molar-refractivity contribution is -0.153. The molecule has 0 saturated heterocycles. The van der Waals surface area contributed by atoms with Gasteiger partial charge in [-0.05, 0) is 72.2 Å². The molecule has 2 aromatic rings. The highest BCUT2D eigenvalue weighted by molar-refractivity contribution is 9.12. The van der Waals surface area contributed by atoms with Crippen LogP contribution in [0.1, 0.15) is 80.1 Å². The van der Waals surface area contributed by atoms with Gasteiger partial charge in [0.1, 0.15) is 12.1 Å². The van der Waals surface area contributed by atoms with Crippen molar-refractivity contribution >= 4 is 62.5 Å². The first-order chi connectivity index (χ1) is 19.3. The van der Waals surface area contributed by atoms with E-state index in [0.29, 0.717) is 16.6 Å². The van der Waals surface area contributed by atoms with Crippen molar-refractivity contribution in [3.63, 3.8) is 0 Å². The normalized spacial score (nSPS) is 19.6. The van der Waals surface area contributed by atoms with Gasteiger partial charge in [-0.1, -0.05) is 61.0 Å². The number of carbonyl (C=O) groups is 3. The summed E-state index contributed by atoms with van der Waals surface area (Å²) in [5.41, 5.74) is 1.91. The summed E-state index contributed by atoms with van der Waals surface area (Å²) in [5.74, 6) is -0.613. The van der Waals surface area contributed by atoms with E-state index in [1.165, 1.54) is 18.8 Å². The molecule has 0 bridgehead atoms. The van der Waals surface area contributed by atoms with E-state index < -0.39 is 17.4 Å². The molecule has 2 saturated carbocycles. The number of ketones is 1. The molecular formula is C30H32BrCl2N3O4. The number of hydrogen-bond donors (Lipinski definition) is 2. The predicted molar refractivity (Wildman–Crippen MR) is 159 cm³/mol. The number of aromatic nitrogens is 1. The van der Waals surface area contributed by atoms with Crippen LogP contribution in [0.25, 0.3) is 0 Å². The molecule has 3 aliphatic rings. The molecule has 0 radical (unpaired) electrons. The number of rotatable bonds is 8. The number of pyridine rings is 1. The number of ether oxygens (including phenoxy) is 1. The lowest BCUT2D eigenvalue weighted by Gasteiger charge is -2.46. The predicted octanol–water partition coefficient (Wildman–Crippen LogP) is 7.16. The van der Waals surface area contributed by atoms with E-state index in [2.05, 4.69) is 31.5 Å². The van der Waals surface area contributed by atoms with Crippen LogP contribution < -0.4 is 10.6 Å². The van der Waals surface area contributed by atoms with Gasteiger partial charge in [-0.2, -0.15) is 0 Å². The van der Waals surface area contributed by atoms with Gasteiger partial charge in [0.15, 0.2) is 5.78 Å². The zero-order valence-electron chi connectivity index (χ0n) is 22.1. The number of esters is 1. The maximum atomic E-state index is 13.5. The van der Waals surface area contributed by atoms with Gasteiger partial charge in [-0.3, -0.25) is 14.6 Å². The van der Waals surface area contributed by atoms with Gasteiger partial charge in [-0.25, -0.2) is 4.79 Å². The van der Waals surface area contributed by atoms with Crippen LogP contribution in [0.3, 0.4) is 0 Å². The van der Waals surface area contributed by atoms with Gasteiger partial charge in [0.2, 0.25) is 0 Å². The number of benzene rings is 1. The molecule has 2 fully saturated rings. The zero-order chi connectivity index (χ0) is 28.3. The maximum Gasteiger partial charge on any atom is 0.329 e. The summed E-state index contributed by atoms with van der Waals surface area (Å²) < 4.78 is 6.51. The molecule has 3 aliphatic carbocycles. The van der Waals surface area contributed by atoms with Gasteiger partial charge in [0, 0.05) is 30.2 Å². The molecule has 2 N–H and O–H groups in total. The molecule has 1 heterocycles. The third kappa shape index (κ3) is 6.09. The molecule has 1 aromatic carbocycles. The van der Waals surface area contributed by atoms with E-state index in [4.69, 9.17) is 27.9 Å². The molecule has 212 valence electrons. The van der Waals surface area contributed by atoms with Crippen LogP contribution in [-0.4, -0.2) is 34.8 Å². The monoisotopic (exact) mass is 647 g/mol. The van der Waals surface area contributed by atoms with Crippen molar-refractivity contribution in [2.75, 3.05) is 5.32 Å². The van der Waals surface area contributed by atoms with Gasteiger partial charge >= 0.3 is 5.97 Å². The summed E-state index contributed by atoms with van der Waals surface area (Å²) in [6, 6.07) is 6.61. The average molecular weight is 649 g/mol. The first-order valence-electron chi connectivity index (χ1n) is 13.9. The fourth-order valence-electron chi connectivity index (χ4n) is 6.00. The Bertz CT molecular complexity index is 1300. The van der Waals surface area contributed by atoms with Crippen LogP contribution in [-0.2, 0) is 20.7 Å². The number of amides is 1. The summed E-state index contributed by atoms with van der Waals surface area (Å²) in [6.45, 7) is 0. The Morgan fingerprint density at radius 1 is 1.00 bits per heavy atom. The lowest BCUT2D eigenvalue weighted by Crippen LogP contribution is -2.54. The second-order valence-electron chi connectivity index (χ2n) is 10.9. The summed E-state index contributed by atoms with van der Waals surface area (Å²) in [4.78, 5) is 43.0. The Morgan fingerprint density at radius 2 is 1.62 bits per heavy atom. The van der Waals surface area contributed by atoms with Crippen molar-refractivity contribution in [3.05, 3.63) is 68.0 Å². The molecule has 7 nitrogen and oxygen atoms in total. The van der Waals surface area contributed by atoms with E-state index >= 15 is 0 Å². The summed E-state index contributed by atoms with van der Waals surface area (Å²) >= 11 is 15.7. The van der Waals surface area contributed by atoms with Crippen molar-refractivity contribution in [3.8, 4) is 0 Å². The number of halogens is 3. The second kappa shape index (κ2) is 12.6. The van der Waals surface area contributed by atoms with Crippen molar-refractivity contribution in [2.45, 2.75) is 82.8 Å². The molecule has 5 rings (SSSR count). The number of Topliss-reactive ketones (excluding diaryl/α,β-unsaturated/α-hetero) is 1. The number of nitrogens with one attached hydrogen (secondary N) is 2. The van der Waals surface area contributed by atoms with E-state index in [1.54, 1.807) is 12.1 Å². The number of nitrogens with zero attached hydrogens (tertiary/aromatic N) is 1. The third-order valence-electron chi connectivity index (χ3n) is 8.21. The van der Waals surface area contributed by atoms with Crippen LogP contribution in [0.4, 0.5) is 5.69 Å². The minimum Gasteiger partial charge on any atom is -0.461 e. The minimum atomic E-state index is -0.647. The van der Waals surface area contributed by atoms with Gasteiger partial charge in [0.25, 0.3) is 5.91 Å². The lowest BCUT2D eigenvalue weighted by atomic mass is 9.62. The highest BCUT2D eigenvalue weighted by atomic mass is 79.9. The van der Waals surface area contributed by atoms with Gasteiger partial charge < -0.3 is 15.4 Å². The molecule has 1 atom stereocenters. The Balaban J connectivity index is 1.32. The number of hydrogen-bond acceptors (Lipinski definition) is 6. The fourth-order valence-corrected chi connectivity index (χ4v) is 7.41. The first-order valence-corrected chi connectivity index (χ1v) is 15.4. The standard InChI is InChI=1S/C30H32BrCl2N3O4/c31-25-26(30(27(25)37)13-5-2-6-14-30)36-23(29(39)40-20-7-3-1-4-8-20)15-18-9-11-19(12-10-18)35-28(38)24-21(32)16-34-17-22(24)33/h9-12,16-17,20,23,36H,1-8,13-15H2,(H,35,38)/t23-/m0/s1. The molecule has 1 amide bonds. The van der Waals surface area contributed by atoms with E-state index in [0.717, 1.165) is 69.0 Å². The molecule has 1 spiro atoms. The van der Waals surface area contributed by atoms with E-state index in [-0.39, 0.29) is 33.5 Å². The Kier molecular flexibility index (Phi) is 9.18. The summed E-state index contributed by atoms with van der Waals surface area (Å²) in [7, 11) is 0. The highest BCUT2D eigenvalue weighted by Crippen LogP contribution is 2.53. The number of allylic oxidation sites excluding steroid dienone is 2. The van der Waals surface area contributed by atoms with Crippen molar-refractivity contribution in [1.82, 2.24) is 10.3 Å². The number of carbonyl (C=O) groups excluding carboxylic acids is 3. The molecule has 0 unspecified atom stereocenters. The van der Waals surface area contributed by atoms with Crippen molar-refractivity contribution in [1.29, 1.82) is 0 Å². The van der Waals surface area contributed by atoms with E-state index in [9.17, 15) is 14.4 Å². The van der Waals surface area contributed by atoms with Crippen LogP contribution >= 0.6 is 39.1 Å². The average Bonchev–Trinajstić information content (AvgIpc) is 2.96. The Labute approximate surface area is 252 Å². The SMILES string of the molecule is O=C(Nc1ccc(C[C@H](NC2=C(Br)C(=O)C23CCCCC3)C(=O)OC2CCCCC2)cc1)c1c(Cl)cncc1Cl. The Hall–Kier alpha value is -2.42. The van der Waals surface area contributed by atoms with E-state index in [1.807, 2.05) is 12.1 Å². The van der Waals surface area contributed by atoms with Crippen LogP contribution in [0.15, 0.2) is 46.8 Å². The maximum absolute atomic E-state index is 13.5. The molecule has 40 heavy (non-hydrogen) atoms. The largest absolute Gasteiger partial charge is 0.461 e. The van der Waals surface area contributed by atoms with Crippen LogP contribution in [0.5, 0.6) is 0 Å². The highest BCUT2D eigenvalue weighted by Gasteiger charge is 2.54. The van der Waals surface area contributed by atoms with Crippen LogP contribution in [0.2, 0.25) is 10.0 Å². The molecule has 1 aromatic heterocycles. The van der Waals surface area contributed by atoms with Crippen molar-refractivity contribution < 1.29 is 19.1 Å². The quantitative estimate of drug-likeness (QED) is 0.295. The zero-order valence-corrected chi connectivity index (χ0v) is 25.2. The van der Waals surface area contributed by atoms with Crippen molar-refractivity contribution in [2.24, 2.45) is 5.41 Å². The molecule has 10 heteroatoms. The second-order valence-corrected chi connectivity index (χ2v) is 12.5. The van der Waals surface area contributed by atoms with Gasteiger partial charge in [-0.15, -0.1) is 0 Å².